The summed E-state index contributed by atoms with van der Waals surface area (Å²) in [6.45, 7) is 42.8. The molecular formula is C52H96N14. The fourth-order valence-corrected chi connectivity index (χ4v) is 10.7. The van der Waals surface area contributed by atoms with Crippen molar-refractivity contribution in [1.82, 2.24) is 40.5 Å². The van der Waals surface area contributed by atoms with Gasteiger partial charge in [-0.25, -0.2) is 0 Å². The third kappa shape index (κ3) is 18.4. The highest BCUT2D eigenvalue weighted by Crippen LogP contribution is 2.36. The Bertz CT molecular complexity index is 1640. The number of anilines is 6. The van der Waals surface area contributed by atoms with E-state index in [0.29, 0.717) is 36.9 Å². The molecule has 66 heavy (non-hydrogen) atoms. The number of rotatable bonds is 29. The topological polar surface area (TPSA) is 156 Å². The van der Waals surface area contributed by atoms with E-state index in [1.807, 2.05) is 12.2 Å². The van der Waals surface area contributed by atoms with Crippen LogP contribution in [-0.4, -0.2) is 101 Å². The molecule has 374 valence electrons. The van der Waals surface area contributed by atoms with E-state index in [0.717, 1.165) is 102 Å². The highest BCUT2D eigenvalue weighted by atomic mass is 15.4. The van der Waals surface area contributed by atoms with Crippen LogP contribution in [0.3, 0.4) is 0 Å². The van der Waals surface area contributed by atoms with E-state index in [4.69, 9.17) is 29.9 Å². The minimum Gasteiger partial charge on any atom is -0.351 e. The number of aromatic nitrogens is 6. The normalized spacial score (nSPS) is 18.3. The summed E-state index contributed by atoms with van der Waals surface area (Å²) in [5.41, 5.74) is -0.477. The van der Waals surface area contributed by atoms with Gasteiger partial charge in [-0.05, 0) is 134 Å². The molecule has 6 N–H and O–H groups in total. The van der Waals surface area contributed by atoms with Gasteiger partial charge in [-0.15, -0.1) is 13.2 Å². The van der Waals surface area contributed by atoms with Crippen molar-refractivity contribution in [3.05, 3.63) is 25.3 Å². The average Bonchev–Trinajstić information content (AvgIpc) is 3.17. The van der Waals surface area contributed by atoms with Gasteiger partial charge in [0.25, 0.3) is 0 Å². The van der Waals surface area contributed by atoms with E-state index in [-0.39, 0.29) is 45.3 Å². The molecule has 2 saturated heterocycles. The molecular weight excluding hydrogens is 821 g/mol. The van der Waals surface area contributed by atoms with Gasteiger partial charge in [0.05, 0.1) is 0 Å². The average molecular weight is 917 g/mol. The molecule has 0 unspecified atom stereocenters. The van der Waals surface area contributed by atoms with Gasteiger partial charge in [0, 0.05) is 71.5 Å². The molecule has 2 aliphatic heterocycles. The molecule has 0 aromatic carbocycles. The van der Waals surface area contributed by atoms with Gasteiger partial charge in [0.2, 0.25) is 35.7 Å². The monoisotopic (exact) mass is 917 g/mol. The third-order valence-corrected chi connectivity index (χ3v) is 13.0. The van der Waals surface area contributed by atoms with Crippen molar-refractivity contribution in [2.45, 2.75) is 245 Å². The Balaban J connectivity index is 1.61. The van der Waals surface area contributed by atoms with Gasteiger partial charge in [-0.3, -0.25) is 0 Å². The fraction of sp³-hybridized carbons (Fsp3) is 0.808. The first-order valence-corrected chi connectivity index (χ1v) is 25.8. The molecule has 4 heterocycles. The molecule has 0 radical (unpaired) electrons. The molecule has 2 aliphatic rings. The summed E-state index contributed by atoms with van der Waals surface area (Å²) < 4.78 is 0. The number of hydrogen-bond donors (Lipinski definition) is 6. The summed E-state index contributed by atoms with van der Waals surface area (Å²) in [6, 6.07) is 0.510. The van der Waals surface area contributed by atoms with Crippen LogP contribution in [0.15, 0.2) is 25.3 Å². The number of nitrogens with one attached hydrogen (secondary N) is 6. The first kappa shape index (κ1) is 54.8. The molecule has 0 amide bonds. The second-order valence-corrected chi connectivity index (χ2v) is 23.5. The zero-order valence-electron chi connectivity index (χ0n) is 44.4. The van der Waals surface area contributed by atoms with Crippen molar-refractivity contribution < 1.29 is 0 Å². The predicted octanol–water partition coefficient (Wildman–Crippen LogP) is 11.3. The third-order valence-electron chi connectivity index (χ3n) is 13.0. The largest absolute Gasteiger partial charge is 0.351 e. The van der Waals surface area contributed by atoms with Gasteiger partial charge < -0.3 is 41.7 Å². The van der Waals surface area contributed by atoms with Crippen LogP contribution < -0.4 is 41.7 Å². The lowest BCUT2D eigenvalue weighted by atomic mass is 9.79. The second-order valence-electron chi connectivity index (χ2n) is 23.5. The number of unbranched alkanes of at least 4 members (excludes halogenated alkanes) is 7. The molecule has 2 aromatic rings. The first-order chi connectivity index (χ1) is 30.9. The minimum atomic E-state index is -0.158. The lowest BCUT2D eigenvalue weighted by Gasteiger charge is -2.50. The van der Waals surface area contributed by atoms with Crippen LogP contribution in [0.1, 0.15) is 200 Å². The van der Waals surface area contributed by atoms with Crippen LogP contribution in [0.2, 0.25) is 0 Å². The van der Waals surface area contributed by atoms with Crippen molar-refractivity contribution in [2.75, 3.05) is 57.2 Å². The number of hydrogen-bond acceptors (Lipinski definition) is 14. The SMILES string of the molecule is C=CCNc1nc(NC(C)(C)CCCCC)nc(N(CCCCCCN(c2nc(NCC=C)nc(NC(C)(C)CCCCC)n2)C2CC(C)(C)NC(C)(C)C2)C2CC(C)(C)NC(C)(C)C2)n1. The summed E-state index contributed by atoms with van der Waals surface area (Å²) in [6.07, 6.45) is 21.1. The molecule has 0 bridgehead atoms. The Morgan fingerprint density at radius 2 is 0.848 bits per heavy atom. The van der Waals surface area contributed by atoms with Crippen molar-refractivity contribution >= 4 is 35.7 Å². The van der Waals surface area contributed by atoms with E-state index >= 15 is 0 Å². The van der Waals surface area contributed by atoms with Crippen molar-refractivity contribution in [2.24, 2.45) is 0 Å². The van der Waals surface area contributed by atoms with Crippen molar-refractivity contribution in [3.63, 3.8) is 0 Å². The Morgan fingerprint density at radius 1 is 0.515 bits per heavy atom. The van der Waals surface area contributed by atoms with Gasteiger partial charge in [-0.1, -0.05) is 77.4 Å². The second kappa shape index (κ2) is 24.0. The van der Waals surface area contributed by atoms with E-state index < -0.39 is 0 Å². The van der Waals surface area contributed by atoms with Crippen molar-refractivity contribution in [3.8, 4) is 0 Å². The van der Waals surface area contributed by atoms with E-state index in [1.54, 1.807) is 0 Å². The van der Waals surface area contributed by atoms with Crippen LogP contribution in [0.25, 0.3) is 0 Å². The van der Waals surface area contributed by atoms with Gasteiger partial charge in [0.15, 0.2) is 0 Å². The molecule has 2 fully saturated rings. The Labute approximate surface area is 402 Å². The van der Waals surface area contributed by atoms with E-state index in [2.05, 4.69) is 152 Å². The van der Waals surface area contributed by atoms with Crippen LogP contribution in [0.4, 0.5) is 35.7 Å². The minimum absolute atomic E-state index is 0.0402. The molecule has 0 spiro atoms. The molecule has 14 heteroatoms. The summed E-state index contributed by atoms with van der Waals surface area (Å²) in [5, 5.41) is 22.0. The molecule has 0 saturated carbocycles. The van der Waals surface area contributed by atoms with Gasteiger partial charge in [-0.2, -0.15) is 29.9 Å². The zero-order chi connectivity index (χ0) is 48.8. The summed E-state index contributed by atoms with van der Waals surface area (Å²) >= 11 is 0. The zero-order valence-corrected chi connectivity index (χ0v) is 44.4. The standard InChI is InChI=1S/C52H96N14/c1-17-21-25-29-47(5,6)61-43-55-41(53-31-19-3)57-45(59-43)65(39-35-49(9,10)63-50(11,12)36-39)33-27-23-24-28-34-66(40-37-51(13,14)64-52(15,16)38-40)46-58-42(54-32-20-4)56-44(60-46)62-48(7,8)30-26-22-18-2/h19-20,39-40,63-64H,3-4,17-18,21-38H2,1-2,5-16H3,(H2,53,55,57,59,61)(H2,54,56,58,60,62). The lowest BCUT2D eigenvalue weighted by Crippen LogP contribution is -2.62. The van der Waals surface area contributed by atoms with E-state index in [1.165, 1.54) is 25.7 Å². The molecule has 14 nitrogen and oxygen atoms in total. The Morgan fingerprint density at radius 3 is 1.17 bits per heavy atom. The number of piperidine rings is 2. The smallest absolute Gasteiger partial charge is 0.232 e. The van der Waals surface area contributed by atoms with Gasteiger partial charge >= 0.3 is 0 Å². The highest BCUT2D eigenvalue weighted by Gasteiger charge is 2.42. The maximum absolute atomic E-state index is 5.21. The molecule has 2 aromatic heterocycles. The van der Waals surface area contributed by atoms with Gasteiger partial charge in [0.1, 0.15) is 0 Å². The quantitative estimate of drug-likeness (QED) is 0.0338. The molecule has 0 aliphatic carbocycles. The predicted molar refractivity (Wildman–Crippen MR) is 283 cm³/mol. The summed E-state index contributed by atoms with van der Waals surface area (Å²) in [7, 11) is 0. The molecule has 0 atom stereocenters. The summed E-state index contributed by atoms with van der Waals surface area (Å²) in [4.78, 5) is 35.4. The molecule has 4 rings (SSSR count). The van der Waals surface area contributed by atoms with E-state index in [9.17, 15) is 0 Å². The highest BCUT2D eigenvalue weighted by molar-refractivity contribution is 5.47. The fourth-order valence-electron chi connectivity index (χ4n) is 10.7. The van der Waals surface area contributed by atoms with Crippen molar-refractivity contribution in [1.29, 1.82) is 0 Å². The maximum atomic E-state index is 5.21. The van der Waals surface area contributed by atoms with Crippen LogP contribution in [0.5, 0.6) is 0 Å². The lowest BCUT2D eigenvalue weighted by molar-refractivity contribution is 0.156. The first-order valence-electron chi connectivity index (χ1n) is 25.8. The summed E-state index contributed by atoms with van der Waals surface area (Å²) in [5.74, 6) is 3.86. The Hall–Kier alpha value is -3.78. The van der Waals surface area contributed by atoms with Crippen LogP contribution >= 0.6 is 0 Å². The maximum Gasteiger partial charge on any atom is 0.232 e. The Kier molecular flexibility index (Phi) is 19.9. The van der Waals surface area contributed by atoms with Crippen LogP contribution in [-0.2, 0) is 0 Å². The number of nitrogens with zero attached hydrogens (tertiary/aromatic N) is 8. The van der Waals surface area contributed by atoms with Crippen LogP contribution in [0, 0.1) is 0 Å².